The molecule has 0 amide bonds. The molecule has 166 valence electrons. The molecule has 6 nitrogen and oxygen atoms in total. The van der Waals surface area contributed by atoms with E-state index in [1.54, 1.807) is 42.7 Å². The fourth-order valence-corrected chi connectivity index (χ4v) is 4.01. The first kappa shape index (κ1) is 23.5. The molecular weight excluding hydrogens is 384 g/mol. The summed E-state index contributed by atoms with van der Waals surface area (Å²) >= 11 is 0. The zero-order chi connectivity index (χ0) is 22.3. The van der Waals surface area contributed by atoms with Crippen LogP contribution in [0.4, 0.5) is 0 Å². The van der Waals surface area contributed by atoms with E-state index in [0.29, 0.717) is 28.9 Å². The van der Waals surface area contributed by atoms with Gasteiger partial charge in [0.15, 0.2) is 23.0 Å². The van der Waals surface area contributed by atoms with Crippen LogP contribution in [0.25, 0.3) is 0 Å². The van der Waals surface area contributed by atoms with Crippen LogP contribution in [0.15, 0.2) is 24.3 Å². The summed E-state index contributed by atoms with van der Waals surface area (Å²) in [6.07, 6.45) is 1.75. The minimum atomic E-state index is 0.248. The van der Waals surface area contributed by atoms with Gasteiger partial charge >= 0.3 is 0 Å². The van der Waals surface area contributed by atoms with Crippen molar-refractivity contribution in [1.29, 1.82) is 0 Å². The Morgan fingerprint density at radius 3 is 1.50 bits per heavy atom. The van der Waals surface area contributed by atoms with Gasteiger partial charge in [0, 0.05) is 17.7 Å². The van der Waals surface area contributed by atoms with Gasteiger partial charge < -0.3 is 28.4 Å². The monoisotopic (exact) mass is 418 g/mol. The van der Waals surface area contributed by atoms with Crippen molar-refractivity contribution in [2.75, 3.05) is 42.7 Å². The molecule has 2 rings (SSSR count). The molecule has 0 aliphatic carbocycles. The third-order valence-electron chi connectivity index (χ3n) is 5.59. The van der Waals surface area contributed by atoms with Gasteiger partial charge in [-0.05, 0) is 42.4 Å². The second-order valence-electron chi connectivity index (χ2n) is 7.16. The fraction of sp³-hybridized carbons (Fsp3) is 0.500. The first-order chi connectivity index (χ1) is 14.5. The van der Waals surface area contributed by atoms with Gasteiger partial charge in [0.1, 0.15) is 11.5 Å². The van der Waals surface area contributed by atoms with E-state index in [0.717, 1.165) is 35.5 Å². The topological polar surface area (TPSA) is 55.4 Å². The number of ether oxygens (including phenoxy) is 6. The van der Waals surface area contributed by atoms with Crippen LogP contribution in [-0.2, 0) is 6.42 Å². The Hall–Kier alpha value is -2.76. The number of hydrogen-bond donors (Lipinski definition) is 0. The highest BCUT2D eigenvalue weighted by atomic mass is 16.5. The van der Waals surface area contributed by atoms with Gasteiger partial charge in [0.05, 0.1) is 42.7 Å². The summed E-state index contributed by atoms with van der Waals surface area (Å²) in [5.74, 6) is 4.83. The van der Waals surface area contributed by atoms with E-state index in [1.807, 2.05) is 24.3 Å². The standard InChI is InChI=1S/C24H34O6/c1-9-17(18-12-22(28-6)24(30-8)14-20(18)26-4)15(2)10-16-11-21(27-5)23(29-7)13-19(16)25-3/h11-15,17H,9-10H2,1-8H3/t15-,17+/m0/s1. The summed E-state index contributed by atoms with van der Waals surface area (Å²) in [5.41, 5.74) is 2.17. The molecule has 0 N–H and O–H groups in total. The lowest BCUT2D eigenvalue weighted by Crippen LogP contribution is -2.14. The van der Waals surface area contributed by atoms with Crippen LogP contribution in [0.3, 0.4) is 0 Å². The number of methoxy groups -OCH3 is 6. The van der Waals surface area contributed by atoms with E-state index < -0.39 is 0 Å². The van der Waals surface area contributed by atoms with Crippen molar-refractivity contribution in [2.45, 2.75) is 32.6 Å². The molecule has 0 unspecified atom stereocenters. The highest BCUT2D eigenvalue weighted by Gasteiger charge is 2.25. The van der Waals surface area contributed by atoms with Gasteiger partial charge in [-0.1, -0.05) is 13.8 Å². The van der Waals surface area contributed by atoms with E-state index in [-0.39, 0.29) is 5.92 Å². The molecule has 0 saturated carbocycles. The third-order valence-corrected chi connectivity index (χ3v) is 5.59. The average molecular weight is 419 g/mol. The minimum absolute atomic E-state index is 0.248. The Labute approximate surface area is 180 Å². The maximum Gasteiger partial charge on any atom is 0.164 e. The number of benzene rings is 2. The van der Waals surface area contributed by atoms with Crippen molar-refractivity contribution in [3.8, 4) is 34.5 Å². The van der Waals surface area contributed by atoms with Crippen LogP contribution in [0.5, 0.6) is 34.5 Å². The molecule has 0 aromatic heterocycles. The lowest BCUT2D eigenvalue weighted by atomic mass is 9.81. The zero-order valence-corrected chi connectivity index (χ0v) is 19.3. The van der Waals surface area contributed by atoms with Gasteiger partial charge in [0.25, 0.3) is 0 Å². The van der Waals surface area contributed by atoms with Crippen molar-refractivity contribution >= 4 is 0 Å². The Morgan fingerprint density at radius 1 is 0.600 bits per heavy atom. The van der Waals surface area contributed by atoms with E-state index in [9.17, 15) is 0 Å². The second kappa shape index (κ2) is 10.9. The van der Waals surface area contributed by atoms with Crippen molar-refractivity contribution in [3.05, 3.63) is 35.4 Å². The van der Waals surface area contributed by atoms with Crippen LogP contribution in [0.2, 0.25) is 0 Å². The maximum atomic E-state index is 5.69. The molecule has 2 aromatic rings. The predicted octanol–water partition coefficient (Wildman–Crippen LogP) is 5.11. The molecule has 0 heterocycles. The minimum Gasteiger partial charge on any atom is -0.496 e. The van der Waals surface area contributed by atoms with Gasteiger partial charge in [-0.2, -0.15) is 0 Å². The van der Waals surface area contributed by atoms with Crippen molar-refractivity contribution < 1.29 is 28.4 Å². The second-order valence-corrected chi connectivity index (χ2v) is 7.16. The molecule has 0 aliphatic rings. The van der Waals surface area contributed by atoms with Crippen LogP contribution < -0.4 is 28.4 Å². The maximum absolute atomic E-state index is 5.69. The molecule has 30 heavy (non-hydrogen) atoms. The molecule has 0 spiro atoms. The first-order valence-corrected chi connectivity index (χ1v) is 10.1. The Morgan fingerprint density at radius 2 is 1.03 bits per heavy atom. The number of hydrogen-bond acceptors (Lipinski definition) is 6. The lowest BCUT2D eigenvalue weighted by molar-refractivity contribution is 0.339. The summed E-state index contributed by atoms with van der Waals surface area (Å²) in [7, 11) is 9.88. The quantitative estimate of drug-likeness (QED) is 0.505. The summed E-state index contributed by atoms with van der Waals surface area (Å²) in [6, 6.07) is 7.78. The molecule has 2 aromatic carbocycles. The van der Waals surface area contributed by atoms with Crippen molar-refractivity contribution in [3.63, 3.8) is 0 Å². The van der Waals surface area contributed by atoms with Crippen LogP contribution in [0, 0.1) is 5.92 Å². The Kier molecular flexibility index (Phi) is 8.51. The van der Waals surface area contributed by atoms with E-state index in [1.165, 1.54) is 0 Å². The molecule has 0 saturated heterocycles. The van der Waals surface area contributed by atoms with Crippen LogP contribution >= 0.6 is 0 Å². The summed E-state index contributed by atoms with van der Waals surface area (Å²) in [6.45, 7) is 4.42. The van der Waals surface area contributed by atoms with Crippen LogP contribution in [0.1, 0.15) is 37.3 Å². The van der Waals surface area contributed by atoms with Gasteiger partial charge in [0.2, 0.25) is 0 Å². The van der Waals surface area contributed by atoms with Crippen molar-refractivity contribution in [1.82, 2.24) is 0 Å². The van der Waals surface area contributed by atoms with Gasteiger partial charge in [-0.15, -0.1) is 0 Å². The molecule has 6 heteroatoms. The molecule has 0 aliphatic heterocycles. The summed E-state index contributed by atoms with van der Waals surface area (Å²) in [4.78, 5) is 0. The van der Waals surface area contributed by atoms with Gasteiger partial charge in [-0.3, -0.25) is 0 Å². The zero-order valence-electron chi connectivity index (χ0n) is 19.3. The van der Waals surface area contributed by atoms with E-state index in [4.69, 9.17) is 28.4 Å². The molecule has 0 radical (unpaired) electrons. The smallest absolute Gasteiger partial charge is 0.164 e. The van der Waals surface area contributed by atoms with E-state index in [2.05, 4.69) is 13.8 Å². The highest BCUT2D eigenvalue weighted by Crippen LogP contribution is 2.43. The normalized spacial score (nSPS) is 12.7. The summed E-state index contributed by atoms with van der Waals surface area (Å²) < 4.78 is 33.2. The first-order valence-electron chi connectivity index (χ1n) is 10.1. The molecule has 0 fully saturated rings. The SMILES string of the molecule is CC[C@@H](c1cc(OC)c(OC)cc1OC)[C@@H](C)Cc1cc(OC)c(OC)cc1OC. The molecular formula is C24H34O6. The Balaban J connectivity index is 2.43. The molecule has 2 atom stereocenters. The summed E-state index contributed by atoms with van der Waals surface area (Å²) in [5, 5.41) is 0. The highest BCUT2D eigenvalue weighted by molar-refractivity contribution is 5.53. The number of rotatable bonds is 11. The average Bonchev–Trinajstić information content (AvgIpc) is 2.78. The predicted molar refractivity (Wildman–Crippen MR) is 118 cm³/mol. The lowest BCUT2D eigenvalue weighted by Gasteiger charge is -2.27. The fourth-order valence-electron chi connectivity index (χ4n) is 4.01. The van der Waals surface area contributed by atoms with E-state index >= 15 is 0 Å². The van der Waals surface area contributed by atoms with Crippen molar-refractivity contribution in [2.24, 2.45) is 5.92 Å². The third kappa shape index (κ3) is 4.86. The molecule has 0 bridgehead atoms. The largest absolute Gasteiger partial charge is 0.496 e. The van der Waals surface area contributed by atoms with Crippen LogP contribution in [-0.4, -0.2) is 42.7 Å². The van der Waals surface area contributed by atoms with Gasteiger partial charge in [-0.25, -0.2) is 0 Å². The Bertz CT molecular complexity index is 833.